The van der Waals surface area contributed by atoms with E-state index < -0.39 is 39.4 Å². The Hall–Kier alpha value is -2.15. The minimum atomic E-state index is -3.61. The smallest absolute Gasteiger partial charge is 0.351 e. The number of esters is 2. The van der Waals surface area contributed by atoms with Gasteiger partial charge in [0.1, 0.15) is 5.60 Å². The molecule has 12 heteroatoms. The lowest BCUT2D eigenvalue weighted by molar-refractivity contribution is -0.157. The maximum atomic E-state index is 13.5. The number of methoxy groups -OCH3 is 1. The summed E-state index contributed by atoms with van der Waals surface area (Å²) in [6.45, 7) is 9.71. The molecule has 1 aromatic carbocycles. The zero-order valence-electron chi connectivity index (χ0n) is 22.5. The van der Waals surface area contributed by atoms with Gasteiger partial charge in [-0.05, 0) is 94.2 Å². The lowest BCUT2D eigenvalue weighted by Gasteiger charge is -2.36. The number of nitrogens with zero attached hydrogens (tertiary/aromatic N) is 1. The summed E-state index contributed by atoms with van der Waals surface area (Å²) >= 11 is 4.66. The van der Waals surface area contributed by atoms with Crippen LogP contribution in [0.1, 0.15) is 57.1 Å². The molecule has 1 N–H and O–H groups in total. The molecule has 1 saturated heterocycles. The Morgan fingerprint density at radius 3 is 2.45 bits per heavy atom. The predicted molar refractivity (Wildman–Crippen MR) is 153 cm³/mol. The standard InChI is InChI=1S/C26H35BrN2O7S2/c1-16(2)38(32,33)29(18-10-12-28-13-11-18)19-9-7-8-17(14-19)23-21(27)22(24(37-23)25(31)34-6)35-15-20(30)36-26(3,4)5/h7-9,14,16,18,28H,10-13,15H2,1-6H3. The maximum Gasteiger partial charge on any atom is 0.351 e. The van der Waals surface area contributed by atoms with E-state index in [9.17, 15) is 18.0 Å². The monoisotopic (exact) mass is 630 g/mol. The summed E-state index contributed by atoms with van der Waals surface area (Å²) in [6.07, 6.45) is 1.40. The highest BCUT2D eigenvalue weighted by molar-refractivity contribution is 9.10. The van der Waals surface area contributed by atoms with Gasteiger partial charge in [0.2, 0.25) is 10.0 Å². The first-order chi connectivity index (χ1) is 17.8. The zero-order chi connectivity index (χ0) is 28.3. The van der Waals surface area contributed by atoms with Gasteiger partial charge in [0.25, 0.3) is 0 Å². The Labute approximate surface area is 237 Å². The fraction of sp³-hybridized carbons (Fsp3) is 0.538. The Bertz CT molecular complexity index is 1260. The molecule has 0 saturated carbocycles. The van der Waals surface area contributed by atoms with E-state index in [-0.39, 0.29) is 16.7 Å². The molecule has 2 heterocycles. The van der Waals surface area contributed by atoms with Crippen LogP contribution in [0, 0.1) is 0 Å². The molecule has 0 unspecified atom stereocenters. The van der Waals surface area contributed by atoms with Gasteiger partial charge in [-0.25, -0.2) is 18.0 Å². The fourth-order valence-corrected chi connectivity index (χ4v) is 7.51. The molecule has 1 aromatic heterocycles. The van der Waals surface area contributed by atoms with Crippen molar-refractivity contribution >= 4 is 54.9 Å². The van der Waals surface area contributed by atoms with E-state index in [1.165, 1.54) is 7.11 Å². The van der Waals surface area contributed by atoms with Crippen LogP contribution in [0.2, 0.25) is 0 Å². The Kier molecular flexibility index (Phi) is 9.88. The number of piperidine rings is 1. The topological polar surface area (TPSA) is 111 Å². The van der Waals surface area contributed by atoms with E-state index in [1.54, 1.807) is 57.1 Å². The highest BCUT2D eigenvalue weighted by Gasteiger charge is 2.34. The minimum absolute atomic E-state index is 0.163. The van der Waals surface area contributed by atoms with Gasteiger partial charge < -0.3 is 19.5 Å². The molecule has 2 aromatic rings. The van der Waals surface area contributed by atoms with Crippen LogP contribution in [0.15, 0.2) is 28.7 Å². The molecule has 0 amide bonds. The van der Waals surface area contributed by atoms with Crippen molar-refractivity contribution in [2.24, 2.45) is 0 Å². The number of hydrogen-bond donors (Lipinski definition) is 1. The fourth-order valence-electron chi connectivity index (χ4n) is 4.06. The molecule has 9 nitrogen and oxygen atoms in total. The Morgan fingerprint density at radius 1 is 1.21 bits per heavy atom. The number of rotatable bonds is 9. The van der Waals surface area contributed by atoms with Crippen LogP contribution in [0.25, 0.3) is 10.4 Å². The van der Waals surface area contributed by atoms with E-state index in [4.69, 9.17) is 14.2 Å². The molecule has 3 rings (SSSR count). The van der Waals surface area contributed by atoms with Crippen molar-refractivity contribution < 1.29 is 32.2 Å². The van der Waals surface area contributed by atoms with Crippen molar-refractivity contribution in [3.05, 3.63) is 33.6 Å². The van der Waals surface area contributed by atoms with Crippen molar-refractivity contribution in [3.63, 3.8) is 0 Å². The number of carbonyl (C=O) groups excluding carboxylic acids is 2. The molecular formula is C26H35BrN2O7S2. The Balaban J connectivity index is 2.03. The third kappa shape index (κ3) is 7.08. The third-order valence-electron chi connectivity index (χ3n) is 5.81. The van der Waals surface area contributed by atoms with Gasteiger partial charge in [-0.3, -0.25) is 4.31 Å². The first-order valence-corrected chi connectivity index (χ1v) is 15.5. The quantitative estimate of drug-likeness (QED) is 0.386. The van der Waals surface area contributed by atoms with E-state index >= 15 is 0 Å². The predicted octanol–water partition coefficient (Wildman–Crippen LogP) is 4.98. The number of ether oxygens (including phenoxy) is 3. The van der Waals surface area contributed by atoms with Crippen LogP contribution in [-0.2, 0) is 24.3 Å². The summed E-state index contributed by atoms with van der Waals surface area (Å²) < 4.78 is 44.9. The van der Waals surface area contributed by atoms with Crippen LogP contribution in [0.5, 0.6) is 5.75 Å². The molecule has 1 aliphatic heterocycles. The first-order valence-electron chi connectivity index (χ1n) is 12.4. The lowest BCUT2D eigenvalue weighted by Crippen LogP contribution is -2.48. The number of halogens is 1. The molecule has 0 radical (unpaired) electrons. The average molecular weight is 632 g/mol. The number of benzene rings is 1. The van der Waals surface area contributed by atoms with Gasteiger partial charge in [-0.1, -0.05) is 12.1 Å². The van der Waals surface area contributed by atoms with Gasteiger partial charge in [0.15, 0.2) is 17.2 Å². The Morgan fingerprint density at radius 2 is 1.87 bits per heavy atom. The molecule has 0 aliphatic carbocycles. The molecule has 1 aliphatic rings. The van der Waals surface area contributed by atoms with E-state index in [2.05, 4.69) is 21.2 Å². The average Bonchev–Trinajstić information content (AvgIpc) is 3.18. The summed E-state index contributed by atoms with van der Waals surface area (Å²) in [6, 6.07) is 7.05. The summed E-state index contributed by atoms with van der Waals surface area (Å²) in [5.74, 6) is -1.03. The molecule has 0 spiro atoms. The summed E-state index contributed by atoms with van der Waals surface area (Å²) in [4.78, 5) is 25.6. The van der Waals surface area contributed by atoms with E-state index in [0.717, 1.165) is 24.4 Å². The lowest BCUT2D eigenvalue weighted by atomic mass is 10.1. The number of sulfonamides is 1. The highest BCUT2D eigenvalue weighted by atomic mass is 79.9. The van der Waals surface area contributed by atoms with Crippen molar-refractivity contribution in [3.8, 4) is 16.2 Å². The molecule has 0 atom stereocenters. The second-order valence-corrected chi connectivity index (χ2v) is 14.4. The third-order valence-corrected chi connectivity index (χ3v) is 10.3. The number of carbonyl (C=O) groups is 2. The van der Waals surface area contributed by atoms with Gasteiger partial charge in [-0.15, -0.1) is 11.3 Å². The molecule has 1 fully saturated rings. The van der Waals surface area contributed by atoms with Crippen molar-refractivity contribution in [2.45, 2.75) is 64.4 Å². The van der Waals surface area contributed by atoms with Gasteiger partial charge >= 0.3 is 11.9 Å². The van der Waals surface area contributed by atoms with Gasteiger partial charge in [0.05, 0.1) is 27.4 Å². The van der Waals surface area contributed by atoms with E-state index in [1.807, 2.05) is 6.07 Å². The summed E-state index contributed by atoms with van der Waals surface area (Å²) in [5.41, 5.74) is 0.563. The van der Waals surface area contributed by atoms with Crippen molar-refractivity contribution in [1.82, 2.24) is 5.32 Å². The van der Waals surface area contributed by atoms with Gasteiger partial charge in [-0.2, -0.15) is 0 Å². The number of nitrogens with one attached hydrogen (secondary N) is 1. The second kappa shape index (κ2) is 12.4. The zero-order valence-corrected chi connectivity index (χ0v) is 25.7. The minimum Gasteiger partial charge on any atom is -0.479 e. The molecular weight excluding hydrogens is 596 g/mol. The SMILES string of the molecule is COC(=O)c1sc(-c2cccc(N(C3CCNCC3)S(=O)(=O)C(C)C)c2)c(Br)c1OCC(=O)OC(C)(C)C. The normalized spacial score (nSPS) is 14.8. The van der Waals surface area contributed by atoms with Crippen molar-refractivity contribution in [1.29, 1.82) is 0 Å². The van der Waals surface area contributed by atoms with E-state index in [0.29, 0.717) is 33.4 Å². The number of anilines is 1. The van der Waals surface area contributed by atoms with Crippen LogP contribution in [-0.4, -0.2) is 64.1 Å². The summed E-state index contributed by atoms with van der Waals surface area (Å²) in [7, 11) is -2.34. The first kappa shape index (κ1) is 30.4. The van der Waals surface area contributed by atoms with Crippen molar-refractivity contribution in [2.75, 3.05) is 31.1 Å². The largest absolute Gasteiger partial charge is 0.479 e. The van der Waals surface area contributed by atoms with Gasteiger partial charge in [0, 0.05) is 6.04 Å². The summed E-state index contributed by atoms with van der Waals surface area (Å²) in [5, 5.41) is 2.70. The highest BCUT2D eigenvalue weighted by Crippen LogP contribution is 2.46. The number of thiophene rings is 1. The molecule has 0 bridgehead atoms. The number of hydrogen-bond acceptors (Lipinski definition) is 9. The van der Waals surface area contributed by atoms with Crippen LogP contribution in [0.4, 0.5) is 5.69 Å². The maximum absolute atomic E-state index is 13.5. The second-order valence-electron chi connectivity index (χ2n) is 10.2. The van der Waals surface area contributed by atoms with Crippen LogP contribution >= 0.6 is 27.3 Å². The molecule has 210 valence electrons. The molecule has 38 heavy (non-hydrogen) atoms. The van der Waals surface area contributed by atoms with Crippen LogP contribution in [0.3, 0.4) is 0 Å². The van der Waals surface area contributed by atoms with Crippen LogP contribution < -0.4 is 14.4 Å².